The minimum absolute atomic E-state index is 0.273. The van der Waals surface area contributed by atoms with Crippen LogP contribution < -0.4 is 0 Å². The Balaban J connectivity index is 0.000000149. The quantitative estimate of drug-likeness (QED) is 0.234. The van der Waals surface area contributed by atoms with Gasteiger partial charge in [0.05, 0.1) is 10.1 Å². The molecule has 0 radical (unpaired) electrons. The van der Waals surface area contributed by atoms with Gasteiger partial charge in [-0.15, -0.1) is 0 Å². The number of halogens is 3. The van der Waals surface area contributed by atoms with Crippen LogP contribution in [0.3, 0.4) is 0 Å². The van der Waals surface area contributed by atoms with E-state index in [0.717, 1.165) is 32.0 Å². The van der Waals surface area contributed by atoms with Crippen LogP contribution in [0, 0.1) is 13.8 Å². The van der Waals surface area contributed by atoms with Gasteiger partial charge in [0.2, 0.25) is 0 Å². The van der Waals surface area contributed by atoms with E-state index in [-0.39, 0.29) is 23.6 Å². The van der Waals surface area contributed by atoms with Crippen LogP contribution in [0.5, 0.6) is 0 Å². The summed E-state index contributed by atoms with van der Waals surface area (Å²) in [5, 5.41) is 2.24. The summed E-state index contributed by atoms with van der Waals surface area (Å²) in [7, 11) is 2.92. The number of hydrogen-bond donors (Lipinski definition) is 2. The predicted molar refractivity (Wildman–Crippen MR) is 162 cm³/mol. The van der Waals surface area contributed by atoms with Crippen LogP contribution in [0.15, 0.2) is 68.0 Å². The topological polar surface area (TPSA) is 106 Å². The van der Waals surface area contributed by atoms with Crippen molar-refractivity contribution in [2.75, 3.05) is 14.1 Å². The Morgan fingerprint density at radius 2 is 1.15 bits per heavy atom. The molecule has 200 valence electrons. The highest BCUT2D eigenvalue weighted by atomic mass is 79.9. The Morgan fingerprint density at radius 1 is 0.641 bits per heavy atom. The molecule has 8 nitrogen and oxygen atoms in total. The number of aryl methyl sites for hydroxylation is 2. The van der Waals surface area contributed by atoms with Gasteiger partial charge in [-0.25, -0.2) is 0 Å². The number of hydrogen-bond acceptors (Lipinski definition) is 4. The summed E-state index contributed by atoms with van der Waals surface area (Å²) < 4.78 is 0.910. The van der Waals surface area contributed by atoms with Crippen molar-refractivity contribution in [1.82, 2.24) is 19.8 Å². The van der Waals surface area contributed by atoms with Gasteiger partial charge in [-0.05, 0) is 85.2 Å². The van der Waals surface area contributed by atoms with E-state index >= 15 is 0 Å². The molecule has 2 aromatic carbocycles. The van der Waals surface area contributed by atoms with E-state index in [2.05, 4.69) is 88.9 Å². The second kappa shape index (κ2) is 11.4. The summed E-state index contributed by atoms with van der Waals surface area (Å²) in [6.45, 7) is 3.97. The number of likely N-dealkylation sites (N-methyl/N-ethyl adjacent to an activating group) is 2. The largest absolute Gasteiger partial charge is 0.359 e. The number of imide groups is 2. The first-order chi connectivity index (χ1) is 18.4. The SMILES string of the molecule is CN1C(=O)C(Br)=C(Br)C1=O.Cc1[nH]c2ccccc2c1C1=C(Br)C(=O)N(C)C1=O.Cc1cc2ccccc2[nH]1. The average Bonchev–Trinajstić information content (AvgIpc) is 3.57. The van der Waals surface area contributed by atoms with Crippen LogP contribution in [0.1, 0.15) is 17.0 Å². The van der Waals surface area contributed by atoms with Gasteiger partial charge < -0.3 is 9.97 Å². The number of amides is 4. The van der Waals surface area contributed by atoms with Crippen molar-refractivity contribution in [3.63, 3.8) is 0 Å². The highest BCUT2D eigenvalue weighted by Crippen LogP contribution is 2.37. The van der Waals surface area contributed by atoms with E-state index in [1.807, 2.05) is 37.3 Å². The van der Waals surface area contributed by atoms with Crippen molar-refractivity contribution in [1.29, 1.82) is 0 Å². The molecule has 39 heavy (non-hydrogen) atoms. The van der Waals surface area contributed by atoms with Crippen LogP contribution in [0.2, 0.25) is 0 Å². The highest BCUT2D eigenvalue weighted by molar-refractivity contribution is 9.14. The minimum Gasteiger partial charge on any atom is -0.359 e. The van der Waals surface area contributed by atoms with Gasteiger partial charge in [0.1, 0.15) is 8.96 Å². The number of nitrogens with zero attached hydrogens (tertiary/aromatic N) is 2. The van der Waals surface area contributed by atoms with E-state index in [9.17, 15) is 19.2 Å². The van der Waals surface area contributed by atoms with E-state index in [1.165, 1.54) is 30.7 Å². The highest BCUT2D eigenvalue weighted by Gasteiger charge is 2.37. The van der Waals surface area contributed by atoms with Crippen molar-refractivity contribution in [2.45, 2.75) is 13.8 Å². The van der Waals surface area contributed by atoms with Gasteiger partial charge >= 0.3 is 0 Å². The molecule has 2 N–H and O–H groups in total. The number of para-hydroxylation sites is 2. The van der Waals surface area contributed by atoms with Crippen molar-refractivity contribution in [3.8, 4) is 0 Å². The summed E-state index contributed by atoms with van der Waals surface area (Å²) in [5.41, 5.74) is 5.51. The van der Waals surface area contributed by atoms with Crippen molar-refractivity contribution in [3.05, 3.63) is 85.0 Å². The molecule has 6 rings (SSSR count). The number of benzene rings is 2. The zero-order valence-corrected chi connectivity index (χ0v) is 26.1. The molecule has 2 aromatic heterocycles. The standard InChI is InChI=1S/C14H11BrN2O2.C9H9N.C5H3Br2NO2/c1-7-10(8-5-3-4-6-9(8)16-7)11-12(15)14(19)17(2)13(11)18;1-7-6-8-4-2-3-5-9(8)10-7;1-8-4(9)2(6)3(7)5(8)10/h3-6,16H,1-2H3;2-6,10H,1H3;1H3. The lowest BCUT2D eigenvalue weighted by molar-refractivity contribution is -0.136. The van der Waals surface area contributed by atoms with Crippen LogP contribution in [0.25, 0.3) is 27.4 Å². The maximum atomic E-state index is 12.2. The number of H-pyrrole nitrogens is 2. The zero-order chi connectivity index (χ0) is 28.6. The first kappa shape index (κ1) is 28.7. The van der Waals surface area contributed by atoms with E-state index in [1.54, 1.807) is 0 Å². The van der Waals surface area contributed by atoms with Gasteiger partial charge in [0, 0.05) is 47.5 Å². The maximum absolute atomic E-state index is 12.2. The average molecular weight is 719 g/mol. The predicted octanol–water partition coefficient (Wildman–Crippen LogP) is 6.04. The second-order valence-electron chi connectivity index (χ2n) is 8.87. The monoisotopic (exact) mass is 716 g/mol. The molecule has 0 spiro atoms. The molecule has 0 fully saturated rings. The molecular weight excluding hydrogens is 696 g/mol. The molecular formula is C28H23Br3N4O4. The lowest BCUT2D eigenvalue weighted by atomic mass is 10.0. The lowest BCUT2D eigenvalue weighted by Crippen LogP contribution is -2.26. The fourth-order valence-corrected chi connectivity index (χ4v) is 5.72. The lowest BCUT2D eigenvalue weighted by Gasteiger charge is -2.06. The Kier molecular flexibility index (Phi) is 8.43. The number of nitrogens with one attached hydrogen (secondary N) is 2. The summed E-state index contributed by atoms with van der Waals surface area (Å²) >= 11 is 9.19. The van der Waals surface area contributed by atoms with Crippen molar-refractivity contribution in [2.24, 2.45) is 0 Å². The van der Waals surface area contributed by atoms with E-state index in [0.29, 0.717) is 19.0 Å². The fraction of sp³-hybridized carbons (Fsp3) is 0.143. The Bertz CT molecular complexity index is 1670. The summed E-state index contributed by atoms with van der Waals surface area (Å²) in [5.74, 6) is -1.19. The third-order valence-corrected chi connectivity index (χ3v) is 8.96. The zero-order valence-electron chi connectivity index (χ0n) is 21.4. The Labute approximate surface area is 249 Å². The van der Waals surface area contributed by atoms with E-state index in [4.69, 9.17) is 0 Å². The number of aromatic amines is 2. The third kappa shape index (κ3) is 5.43. The molecule has 4 amide bonds. The van der Waals surface area contributed by atoms with Crippen LogP contribution >= 0.6 is 47.8 Å². The van der Waals surface area contributed by atoms with Crippen molar-refractivity contribution < 1.29 is 19.2 Å². The van der Waals surface area contributed by atoms with E-state index < -0.39 is 0 Å². The van der Waals surface area contributed by atoms with Gasteiger partial charge in [-0.1, -0.05) is 36.4 Å². The molecule has 0 unspecified atom stereocenters. The fourth-order valence-electron chi connectivity index (χ4n) is 4.22. The van der Waals surface area contributed by atoms with Crippen molar-refractivity contribution >= 4 is 98.8 Å². The maximum Gasteiger partial charge on any atom is 0.268 e. The number of carbonyl (C=O) groups is 4. The summed E-state index contributed by atoms with van der Waals surface area (Å²) in [4.78, 5) is 54.5. The molecule has 0 saturated heterocycles. The van der Waals surface area contributed by atoms with Crippen LogP contribution in [-0.2, 0) is 19.2 Å². The summed E-state index contributed by atoms with van der Waals surface area (Å²) in [6.07, 6.45) is 0. The molecule has 2 aliphatic rings. The third-order valence-electron chi connectivity index (χ3n) is 6.22. The van der Waals surface area contributed by atoms with Gasteiger partial charge in [0.15, 0.2) is 0 Å². The second-order valence-corrected chi connectivity index (χ2v) is 11.2. The molecule has 0 saturated carbocycles. The molecule has 2 aliphatic heterocycles. The number of fused-ring (bicyclic) bond motifs is 2. The molecule has 4 aromatic rings. The Hall–Kier alpha value is -3.28. The number of carbonyl (C=O) groups excluding carboxylic acids is 4. The van der Waals surface area contributed by atoms with Gasteiger partial charge in [0.25, 0.3) is 23.6 Å². The molecule has 0 atom stereocenters. The van der Waals surface area contributed by atoms with Gasteiger partial charge in [-0.3, -0.25) is 29.0 Å². The minimum atomic E-state index is -0.308. The Morgan fingerprint density at radius 3 is 1.67 bits per heavy atom. The van der Waals surface area contributed by atoms with Crippen LogP contribution in [0.4, 0.5) is 0 Å². The first-order valence-electron chi connectivity index (χ1n) is 11.7. The summed E-state index contributed by atoms with van der Waals surface area (Å²) in [6, 6.07) is 18.2. The molecule has 4 heterocycles. The van der Waals surface area contributed by atoms with Crippen LogP contribution in [-0.4, -0.2) is 57.5 Å². The normalized spacial score (nSPS) is 15.5. The molecule has 0 aliphatic carbocycles. The van der Waals surface area contributed by atoms with Gasteiger partial charge in [-0.2, -0.15) is 0 Å². The number of aromatic nitrogens is 2. The number of rotatable bonds is 1. The molecule has 11 heteroatoms. The first-order valence-corrected chi connectivity index (χ1v) is 14.0. The smallest absolute Gasteiger partial charge is 0.268 e. The molecule has 0 bridgehead atoms.